The molecule has 90 valence electrons. The number of aromatic hydroxyl groups is 1. The second-order valence-corrected chi connectivity index (χ2v) is 5.44. The lowest BCUT2D eigenvalue weighted by Gasteiger charge is -2.31. The van der Waals surface area contributed by atoms with Crippen LogP contribution in [0.2, 0.25) is 5.02 Å². The third-order valence-corrected chi connectivity index (χ3v) is 3.45. The second kappa shape index (κ2) is 5.07. The molecule has 3 heteroatoms. The molecule has 1 rings (SSSR count). The van der Waals surface area contributed by atoms with Gasteiger partial charge in [-0.1, -0.05) is 25.4 Å². The van der Waals surface area contributed by atoms with Crippen LogP contribution >= 0.6 is 11.6 Å². The molecule has 0 heterocycles. The van der Waals surface area contributed by atoms with Gasteiger partial charge in [-0.05, 0) is 38.0 Å². The van der Waals surface area contributed by atoms with Crippen molar-refractivity contribution >= 4 is 11.6 Å². The first-order valence-corrected chi connectivity index (χ1v) is 5.93. The van der Waals surface area contributed by atoms with Crippen LogP contribution in [0.5, 0.6) is 5.75 Å². The fourth-order valence-corrected chi connectivity index (χ4v) is 1.42. The third kappa shape index (κ3) is 3.39. The van der Waals surface area contributed by atoms with E-state index in [1.54, 1.807) is 18.2 Å². The molecule has 0 atom stereocenters. The molecule has 0 aliphatic carbocycles. The number of phenols is 1. The van der Waals surface area contributed by atoms with Gasteiger partial charge in [-0.15, -0.1) is 0 Å². The molecule has 2 N–H and O–H groups in total. The summed E-state index contributed by atoms with van der Waals surface area (Å²) >= 11 is 5.89. The Morgan fingerprint density at radius 1 is 1.38 bits per heavy atom. The standard InChI is InChI=1S/C13H20ClNO/c1-9(2)13(3,4)15-8-10-7-11(14)5-6-12(10)16/h5-7,9,15-16H,8H2,1-4H3. The molecule has 0 spiro atoms. The Labute approximate surface area is 103 Å². The van der Waals surface area contributed by atoms with Gasteiger partial charge < -0.3 is 10.4 Å². The average Bonchev–Trinajstić information content (AvgIpc) is 2.19. The van der Waals surface area contributed by atoms with Gasteiger partial charge in [0.05, 0.1) is 0 Å². The highest BCUT2D eigenvalue weighted by atomic mass is 35.5. The van der Waals surface area contributed by atoms with Crippen molar-refractivity contribution < 1.29 is 5.11 Å². The van der Waals surface area contributed by atoms with E-state index in [0.29, 0.717) is 17.5 Å². The van der Waals surface area contributed by atoms with Crippen LogP contribution in [-0.2, 0) is 6.54 Å². The minimum Gasteiger partial charge on any atom is -0.508 e. The van der Waals surface area contributed by atoms with Gasteiger partial charge in [0.1, 0.15) is 5.75 Å². The Hall–Kier alpha value is -0.730. The van der Waals surface area contributed by atoms with Crippen LogP contribution in [0.3, 0.4) is 0 Å². The first-order chi connectivity index (χ1) is 7.33. The number of phenolic OH excluding ortho intramolecular Hbond substituents is 1. The minimum atomic E-state index is 0.0365. The zero-order valence-electron chi connectivity index (χ0n) is 10.3. The molecule has 0 saturated carbocycles. The van der Waals surface area contributed by atoms with Gasteiger partial charge in [-0.25, -0.2) is 0 Å². The van der Waals surface area contributed by atoms with Crippen LogP contribution in [0.25, 0.3) is 0 Å². The lowest BCUT2D eigenvalue weighted by Crippen LogP contribution is -2.43. The summed E-state index contributed by atoms with van der Waals surface area (Å²) in [5.41, 5.74) is 0.871. The highest BCUT2D eigenvalue weighted by Crippen LogP contribution is 2.23. The predicted octanol–water partition coefficient (Wildman–Crippen LogP) is 3.57. The molecule has 0 radical (unpaired) electrons. The monoisotopic (exact) mass is 241 g/mol. The number of halogens is 1. The lowest BCUT2D eigenvalue weighted by atomic mass is 9.90. The Morgan fingerprint density at radius 3 is 2.56 bits per heavy atom. The number of nitrogens with one attached hydrogen (secondary N) is 1. The van der Waals surface area contributed by atoms with Crippen molar-refractivity contribution in [1.29, 1.82) is 0 Å². The molecule has 0 aliphatic rings. The van der Waals surface area contributed by atoms with E-state index in [0.717, 1.165) is 5.56 Å². The van der Waals surface area contributed by atoms with Crippen molar-refractivity contribution in [3.63, 3.8) is 0 Å². The van der Waals surface area contributed by atoms with Crippen molar-refractivity contribution in [2.75, 3.05) is 0 Å². The fraction of sp³-hybridized carbons (Fsp3) is 0.538. The quantitative estimate of drug-likeness (QED) is 0.845. The number of rotatable bonds is 4. The van der Waals surface area contributed by atoms with Crippen molar-refractivity contribution in [1.82, 2.24) is 5.32 Å². The summed E-state index contributed by atoms with van der Waals surface area (Å²) in [6, 6.07) is 5.11. The van der Waals surface area contributed by atoms with Crippen molar-refractivity contribution in [2.45, 2.75) is 39.8 Å². The van der Waals surface area contributed by atoms with Crippen LogP contribution in [0, 0.1) is 5.92 Å². The zero-order chi connectivity index (χ0) is 12.3. The topological polar surface area (TPSA) is 32.3 Å². The van der Waals surface area contributed by atoms with Gasteiger partial charge in [0.2, 0.25) is 0 Å². The zero-order valence-corrected chi connectivity index (χ0v) is 11.1. The van der Waals surface area contributed by atoms with E-state index in [1.165, 1.54) is 0 Å². The van der Waals surface area contributed by atoms with E-state index in [1.807, 2.05) is 0 Å². The molecule has 1 aromatic carbocycles. The van der Waals surface area contributed by atoms with Crippen molar-refractivity contribution in [3.05, 3.63) is 28.8 Å². The minimum absolute atomic E-state index is 0.0365. The molecule has 0 fully saturated rings. The van der Waals surface area contributed by atoms with Crippen LogP contribution < -0.4 is 5.32 Å². The Bertz CT molecular complexity index is 361. The first-order valence-electron chi connectivity index (χ1n) is 5.55. The van der Waals surface area contributed by atoms with E-state index in [-0.39, 0.29) is 11.3 Å². The third-order valence-electron chi connectivity index (χ3n) is 3.22. The average molecular weight is 242 g/mol. The number of hydrogen-bond donors (Lipinski definition) is 2. The Morgan fingerprint density at radius 2 is 2.00 bits per heavy atom. The molecule has 0 unspecified atom stereocenters. The fourth-order valence-electron chi connectivity index (χ4n) is 1.22. The highest BCUT2D eigenvalue weighted by Gasteiger charge is 2.21. The normalized spacial score (nSPS) is 12.1. The lowest BCUT2D eigenvalue weighted by molar-refractivity contribution is 0.284. The van der Waals surface area contributed by atoms with Crippen LogP contribution in [0.1, 0.15) is 33.3 Å². The molecule has 0 bridgehead atoms. The molecule has 0 amide bonds. The van der Waals surface area contributed by atoms with E-state index >= 15 is 0 Å². The second-order valence-electron chi connectivity index (χ2n) is 5.00. The van der Waals surface area contributed by atoms with E-state index < -0.39 is 0 Å². The van der Waals surface area contributed by atoms with Crippen LogP contribution in [0.15, 0.2) is 18.2 Å². The maximum absolute atomic E-state index is 9.67. The summed E-state index contributed by atoms with van der Waals surface area (Å²) in [4.78, 5) is 0. The summed E-state index contributed by atoms with van der Waals surface area (Å²) in [7, 11) is 0. The SMILES string of the molecule is CC(C)C(C)(C)NCc1cc(Cl)ccc1O. The van der Waals surface area contributed by atoms with Gasteiger partial charge in [0.25, 0.3) is 0 Å². The maximum atomic E-state index is 9.67. The van der Waals surface area contributed by atoms with E-state index in [2.05, 4.69) is 33.0 Å². The summed E-state index contributed by atoms with van der Waals surface area (Å²) in [6.45, 7) is 9.27. The van der Waals surface area contributed by atoms with Gasteiger partial charge >= 0.3 is 0 Å². The summed E-state index contributed by atoms with van der Waals surface area (Å²) in [5, 5.41) is 13.7. The van der Waals surface area contributed by atoms with Gasteiger partial charge in [-0.2, -0.15) is 0 Å². The van der Waals surface area contributed by atoms with Crippen molar-refractivity contribution in [2.24, 2.45) is 5.92 Å². The predicted molar refractivity (Wildman–Crippen MR) is 68.9 cm³/mol. The van der Waals surface area contributed by atoms with Gasteiger partial charge in [-0.3, -0.25) is 0 Å². The Kier molecular flexibility index (Phi) is 4.22. The summed E-state index contributed by atoms with van der Waals surface area (Å²) < 4.78 is 0. The molecule has 2 nitrogen and oxygen atoms in total. The molecule has 1 aromatic rings. The molecular formula is C13H20ClNO. The van der Waals surface area contributed by atoms with E-state index in [4.69, 9.17) is 11.6 Å². The first kappa shape index (κ1) is 13.3. The molecule has 0 aromatic heterocycles. The highest BCUT2D eigenvalue weighted by molar-refractivity contribution is 6.30. The smallest absolute Gasteiger partial charge is 0.120 e. The summed E-state index contributed by atoms with van der Waals surface area (Å²) in [6.07, 6.45) is 0. The number of benzene rings is 1. The Balaban J connectivity index is 2.71. The molecular weight excluding hydrogens is 222 g/mol. The number of hydrogen-bond acceptors (Lipinski definition) is 2. The van der Waals surface area contributed by atoms with Crippen molar-refractivity contribution in [3.8, 4) is 5.75 Å². The summed E-state index contributed by atoms with van der Waals surface area (Å²) in [5.74, 6) is 0.810. The van der Waals surface area contributed by atoms with Gasteiger partial charge in [0.15, 0.2) is 0 Å². The van der Waals surface area contributed by atoms with Gasteiger partial charge in [0, 0.05) is 22.7 Å². The van der Waals surface area contributed by atoms with Crippen LogP contribution in [-0.4, -0.2) is 10.6 Å². The molecule has 16 heavy (non-hydrogen) atoms. The molecule has 0 saturated heterocycles. The van der Waals surface area contributed by atoms with E-state index in [9.17, 15) is 5.11 Å². The van der Waals surface area contributed by atoms with Crippen LogP contribution in [0.4, 0.5) is 0 Å². The largest absolute Gasteiger partial charge is 0.508 e. The maximum Gasteiger partial charge on any atom is 0.120 e. The molecule has 0 aliphatic heterocycles.